The molecule has 0 unspecified atom stereocenters. The first-order valence-corrected chi connectivity index (χ1v) is 10.8. The zero-order chi connectivity index (χ0) is 20.6. The number of ether oxygens (including phenoxy) is 1. The molecule has 0 spiro atoms. The Balaban J connectivity index is 1.47. The summed E-state index contributed by atoms with van der Waals surface area (Å²) in [4.78, 5) is 2.15. The van der Waals surface area contributed by atoms with Gasteiger partial charge in [0.1, 0.15) is 5.75 Å². The summed E-state index contributed by atoms with van der Waals surface area (Å²) in [6, 6.07) is 10.8. The number of sulfonamides is 1. The minimum absolute atomic E-state index is 0.0844. The molecule has 0 radical (unpaired) electrons. The van der Waals surface area contributed by atoms with Crippen molar-refractivity contribution in [3.8, 4) is 17.3 Å². The van der Waals surface area contributed by atoms with Crippen molar-refractivity contribution in [1.82, 2.24) is 9.46 Å². The number of aromatic nitrogens is 1. The zero-order valence-electron chi connectivity index (χ0n) is 16.6. The maximum Gasteiger partial charge on any atom is 0.276 e. The number of piperazine rings is 1. The molecule has 2 aromatic heterocycles. The SMILES string of the molecule is COc1ccc(N2CCN(S(=O)(=O)c3ccc(-c4onc(C)c4C)o3)CC2)cc1. The average Bonchev–Trinajstić information content (AvgIpc) is 3.36. The summed E-state index contributed by atoms with van der Waals surface area (Å²) < 4.78 is 43.5. The van der Waals surface area contributed by atoms with Crippen LogP contribution in [0.5, 0.6) is 5.75 Å². The predicted octanol–water partition coefficient (Wildman–Crippen LogP) is 3.07. The van der Waals surface area contributed by atoms with Gasteiger partial charge in [0.2, 0.25) is 10.9 Å². The molecule has 154 valence electrons. The molecule has 29 heavy (non-hydrogen) atoms. The van der Waals surface area contributed by atoms with E-state index >= 15 is 0 Å². The number of benzene rings is 1. The van der Waals surface area contributed by atoms with Crippen LogP contribution in [0.3, 0.4) is 0 Å². The summed E-state index contributed by atoms with van der Waals surface area (Å²) in [7, 11) is -2.09. The van der Waals surface area contributed by atoms with Gasteiger partial charge in [-0.05, 0) is 50.2 Å². The van der Waals surface area contributed by atoms with Crippen LogP contribution in [0.2, 0.25) is 0 Å². The molecule has 1 aliphatic rings. The van der Waals surface area contributed by atoms with Crippen molar-refractivity contribution in [3.63, 3.8) is 0 Å². The van der Waals surface area contributed by atoms with Gasteiger partial charge in [-0.25, -0.2) is 8.42 Å². The Hall–Kier alpha value is -2.78. The van der Waals surface area contributed by atoms with E-state index in [1.165, 1.54) is 10.4 Å². The van der Waals surface area contributed by atoms with Crippen LogP contribution in [-0.4, -0.2) is 51.2 Å². The van der Waals surface area contributed by atoms with Crippen LogP contribution in [0.15, 0.2) is 50.4 Å². The summed E-state index contributed by atoms with van der Waals surface area (Å²) in [5.74, 6) is 1.60. The molecule has 0 aliphatic carbocycles. The Morgan fingerprint density at radius 2 is 1.69 bits per heavy atom. The van der Waals surface area contributed by atoms with Gasteiger partial charge in [-0.2, -0.15) is 4.31 Å². The molecule has 0 atom stereocenters. The van der Waals surface area contributed by atoms with Crippen LogP contribution in [0.4, 0.5) is 5.69 Å². The van der Waals surface area contributed by atoms with E-state index in [2.05, 4.69) is 10.1 Å². The number of nitrogens with zero attached hydrogens (tertiary/aromatic N) is 3. The van der Waals surface area contributed by atoms with Crippen molar-refractivity contribution < 1.29 is 22.1 Å². The van der Waals surface area contributed by atoms with Gasteiger partial charge in [0.25, 0.3) is 10.0 Å². The van der Waals surface area contributed by atoms with Gasteiger partial charge in [-0.15, -0.1) is 0 Å². The Bertz CT molecular complexity index is 1090. The van der Waals surface area contributed by atoms with E-state index in [-0.39, 0.29) is 5.09 Å². The fraction of sp³-hybridized carbons (Fsp3) is 0.350. The lowest BCUT2D eigenvalue weighted by Gasteiger charge is -2.34. The van der Waals surface area contributed by atoms with Gasteiger partial charge in [-0.3, -0.25) is 0 Å². The molecular formula is C20H23N3O5S. The number of hydrogen-bond donors (Lipinski definition) is 0. The van der Waals surface area contributed by atoms with E-state index in [1.807, 2.05) is 38.1 Å². The second-order valence-electron chi connectivity index (χ2n) is 6.93. The van der Waals surface area contributed by atoms with Crippen LogP contribution in [0.1, 0.15) is 11.3 Å². The zero-order valence-corrected chi connectivity index (χ0v) is 17.4. The summed E-state index contributed by atoms with van der Waals surface area (Å²) in [6.07, 6.45) is 0. The molecule has 0 N–H and O–H groups in total. The van der Waals surface area contributed by atoms with E-state index < -0.39 is 10.0 Å². The first-order valence-electron chi connectivity index (χ1n) is 9.32. The number of aryl methyl sites for hydroxylation is 1. The molecule has 4 rings (SSSR count). The maximum absolute atomic E-state index is 13.0. The standard InChI is InChI=1S/C20H23N3O5S/c1-14-15(2)21-28-20(14)18-8-9-19(27-18)29(24,25)23-12-10-22(11-13-23)16-4-6-17(26-3)7-5-16/h4-9H,10-13H2,1-3H3. The Morgan fingerprint density at radius 1 is 1.00 bits per heavy atom. The third-order valence-electron chi connectivity index (χ3n) is 5.23. The van der Waals surface area contributed by atoms with Crippen LogP contribution >= 0.6 is 0 Å². The Morgan fingerprint density at radius 3 is 2.28 bits per heavy atom. The topological polar surface area (TPSA) is 89.0 Å². The quantitative estimate of drug-likeness (QED) is 0.630. The van der Waals surface area contributed by atoms with Crippen molar-refractivity contribution in [2.45, 2.75) is 18.9 Å². The van der Waals surface area contributed by atoms with Crippen LogP contribution in [0.25, 0.3) is 11.5 Å². The van der Waals surface area contributed by atoms with Gasteiger partial charge >= 0.3 is 0 Å². The highest BCUT2D eigenvalue weighted by Gasteiger charge is 2.31. The predicted molar refractivity (Wildman–Crippen MR) is 108 cm³/mol. The van der Waals surface area contributed by atoms with Crippen molar-refractivity contribution in [2.24, 2.45) is 0 Å². The largest absolute Gasteiger partial charge is 0.497 e. The second-order valence-corrected chi connectivity index (χ2v) is 8.80. The second kappa shape index (κ2) is 7.57. The van der Waals surface area contributed by atoms with Crippen molar-refractivity contribution in [2.75, 3.05) is 38.2 Å². The molecule has 1 saturated heterocycles. The molecular weight excluding hydrogens is 394 g/mol. The minimum atomic E-state index is -3.71. The van der Waals surface area contributed by atoms with Gasteiger partial charge in [0.15, 0.2) is 5.76 Å². The van der Waals surface area contributed by atoms with Crippen molar-refractivity contribution in [3.05, 3.63) is 47.7 Å². The van der Waals surface area contributed by atoms with E-state index in [1.54, 1.807) is 13.2 Å². The lowest BCUT2D eigenvalue weighted by atomic mass is 10.2. The smallest absolute Gasteiger partial charge is 0.276 e. The Labute approximate surface area is 169 Å². The van der Waals surface area contributed by atoms with E-state index in [4.69, 9.17) is 13.7 Å². The van der Waals surface area contributed by atoms with Gasteiger partial charge in [0, 0.05) is 37.4 Å². The molecule has 1 fully saturated rings. The van der Waals surface area contributed by atoms with E-state index in [0.717, 1.165) is 22.7 Å². The number of furan rings is 1. The molecule has 3 aromatic rings. The average molecular weight is 417 g/mol. The highest BCUT2D eigenvalue weighted by Crippen LogP contribution is 2.30. The first-order chi connectivity index (χ1) is 13.9. The highest BCUT2D eigenvalue weighted by molar-refractivity contribution is 7.89. The van der Waals surface area contributed by atoms with Crippen LogP contribution in [-0.2, 0) is 10.0 Å². The third kappa shape index (κ3) is 3.63. The lowest BCUT2D eigenvalue weighted by molar-refractivity contribution is 0.358. The molecule has 8 nitrogen and oxygen atoms in total. The van der Waals surface area contributed by atoms with Crippen molar-refractivity contribution in [1.29, 1.82) is 0 Å². The van der Waals surface area contributed by atoms with E-state index in [0.29, 0.717) is 37.7 Å². The number of anilines is 1. The number of rotatable bonds is 5. The van der Waals surface area contributed by atoms with Crippen LogP contribution < -0.4 is 9.64 Å². The first kappa shape index (κ1) is 19.5. The molecule has 1 aromatic carbocycles. The summed E-state index contributed by atoms with van der Waals surface area (Å²) in [5, 5.41) is 3.81. The normalized spacial score (nSPS) is 15.6. The third-order valence-corrected chi connectivity index (χ3v) is 7.01. The number of hydrogen-bond acceptors (Lipinski definition) is 7. The van der Waals surface area contributed by atoms with E-state index in [9.17, 15) is 8.42 Å². The summed E-state index contributed by atoms with van der Waals surface area (Å²) >= 11 is 0. The molecule has 0 saturated carbocycles. The molecule has 0 amide bonds. The fourth-order valence-electron chi connectivity index (χ4n) is 3.33. The summed E-state index contributed by atoms with van der Waals surface area (Å²) in [5.41, 5.74) is 2.62. The molecule has 1 aliphatic heterocycles. The van der Waals surface area contributed by atoms with Gasteiger partial charge < -0.3 is 18.6 Å². The lowest BCUT2D eigenvalue weighted by Crippen LogP contribution is -2.48. The fourth-order valence-corrected chi connectivity index (χ4v) is 4.67. The Kier molecular flexibility index (Phi) is 5.10. The maximum atomic E-state index is 13.0. The molecule has 9 heteroatoms. The van der Waals surface area contributed by atoms with Crippen LogP contribution in [0, 0.1) is 13.8 Å². The van der Waals surface area contributed by atoms with Gasteiger partial charge in [0.05, 0.1) is 12.8 Å². The summed E-state index contributed by atoms with van der Waals surface area (Å²) in [6.45, 7) is 5.64. The minimum Gasteiger partial charge on any atom is -0.497 e. The van der Waals surface area contributed by atoms with Crippen molar-refractivity contribution >= 4 is 15.7 Å². The number of methoxy groups -OCH3 is 1. The highest BCUT2D eigenvalue weighted by atomic mass is 32.2. The molecule has 0 bridgehead atoms. The molecule has 3 heterocycles. The van der Waals surface area contributed by atoms with Gasteiger partial charge in [-0.1, -0.05) is 5.16 Å². The monoisotopic (exact) mass is 417 g/mol.